The Morgan fingerprint density at radius 2 is 2.07 bits per heavy atom. The number of para-hydroxylation sites is 1. The third-order valence-electron chi connectivity index (χ3n) is 2.05. The number of benzene rings is 1. The molecular weight excluding hydrogens is 185 g/mol. The first-order valence-corrected chi connectivity index (χ1v) is 4.09. The Morgan fingerprint density at radius 3 is 2.79 bits per heavy atom. The highest BCUT2D eigenvalue weighted by atomic mass is 19.2. The molecule has 0 unspecified atom stereocenters. The maximum absolute atomic E-state index is 13.4. The van der Waals surface area contributed by atoms with Gasteiger partial charge in [0.2, 0.25) is 0 Å². The van der Waals surface area contributed by atoms with Crippen molar-refractivity contribution in [2.24, 2.45) is 0 Å². The average Bonchev–Trinajstić information content (AvgIpc) is 2.23. The number of hydrogen-bond acceptors (Lipinski definition) is 2. The van der Waals surface area contributed by atoms with Crippen LogP contribution in [-0.4, -0.2) is 11.9 Å². The van der Waals surface area contributed by atoms with E-state index in [1.165, 1.54) is 13.2 Å². The highest BCUT2D eigenvalue weighted by Crippen LogP contribution is 2.23. The van der Waals surface area contributed by atoms with Gasteiger partial charge < -0.3 is 4.74 Å². The predicted octanol–water partition coefficient (Wildman–Crippen LogP) is 1.74. The molecule has 1 aromatic carbocycles. The van der Waals surface area contributed by atoms with Gasteiger partial charge in [-0.1, -0.05) is 16.6 Å². The molecule has 0 radical (unpaired) electrons. The second kappa shape index (κ2) is 3.14. The van der Waals surface area contributed by atoms with Gasteiger partial charge in [0.1, 0.15) is 11.3 Å². The molecule has 0 amide bonds. The topological polar surface area (TPSA) is 31.2 Å². The lowest BCUT2D eigenvalue weighted by Crippen LogP contribution is -2.12. The van der Waals surface area contributed by atoms with Gasteiger partial charge in [0.25, 0.3) is 5.56 Å². The van der Waals surface area contributed by atoms with E-state index < -0.39 is 5.56 Å². The van der Waals surface area contributed by atoms with E-state index in [9.17, 15) is 9.28 Å². The largest absolute Gasteiger partial charge is 0.494 e. The Labute approximate surface area is 79.3 Å². The molecule has 0 atom stereocenters. The summed E-state index contributed by atoms with van der Waals surface area (Å²) in [5, 5.41) is 0.631. The molecule has 0 saturated heterocycles. The van der Waals surface area contributed by atoms with Crippen LogP contribution < -0.4 is 10.3 Å². The molecule has 2 aromatic rings. The molecule has 0 aliphatic heterocycles. The lowest BCUT2D eigenvalue weighted by Gasteiger charge is -2.05. The van der Waals surface area contributed by atoms with Gasteiger partial charge in [-0.3, -0.25) is 4.79 Å². The number of fused-ring (bicyclic) bond motifs is 1. The monoisotopic (exact) mass is 193 g/mol. The minimum atomic E-state index is -0.693. The van der Waals surface area contributed by atoms with Crippen LogP contribution in [0.5, 0.6) is 5.75 Å². The predicted molar refractivity (Wildman–Crippen MR) is 51.3 cm³/mol. The Morgan fingerprint density at radius 1 is 1.29 bits per heavy atom. The summed E-state index contributed by atoms with van der Waals surface area (Å²) in [7, 11) is 1.44. The summed E-state index contributed by atoms with van der Waals surface area (Å²) in [6.45, 7) is 0. The highest BCUT2D eigenvalue weighted by Gasteiger charge is 2.06. The van der Waals surface area contributed by atoms with Crippen molar-refractivity contribution in [1.29, 1.82) is 0 Å². The fourth-order valence-corrected chi connectivity index (χ4v) is 1.39. The first-order valence-electron chi connectivity index (χ1n) is 4.09. The average molecular weight is 193 g/mol. The number of rotatable bonds is 1. The van der Waals surface area contributed by atoms with Gasteiger partial charge in [-0.2, -0.15) is 0 Å². The van der Waals surface area contributed by atoms with Crippen molar-refractivity contribution in [2.45, 2.75) is 0 Å². The molecule has 0 spiro atoms. The van der Waals surface area contributed by atoms with Gasteiger partial charge in [-0.25, -0.2) is 0 Å². The number of aromatic nitrogens is 1. The Hall–Kier alpha value is -1.84. The van der Waals surface area contributed by atoms with Crippen LogP contribution in [0, 0.1) is 0 Å². The van der Waals surface area contributed by atoms with Crippen LogP contribution in [0.1, 0.15) is 0 Å². The second-order valence-electron chi connectivity index (χ2n) is 2.85. The van der Waals surface area contributed by atoms with Crippen LogP contribution in [-0.2, 0) is 0 Å². The molecule has 0 bridgehead atoms. The van der Waals surface area contributed by atoms with Crippen molar-refractivity contribution in [3.8, 4) is 5.75 Å². The van der Waals surface area contributed by atoms with Gasteiger partial charge in [-0.05, 0) is 12.1 Å². The molecule has 0 fully saturated rings. The van der Waals surface area contributed by atoms with Crippen LogP contribution in [0.2, 0.25) is 0 Å². The van der Waals surface area contributed by atoms with E-state index in [2.05, 4.69) is 0 Å². The number of halogens is 1. The summed E-state index contributed by atoms with van der Waals surface area (Å²) >= 11 is 0. The molecule has 0 aliphatic rings. The molecule has 1 aromatic heterocycles. The fourth-order valence-electron chi connectivity index (χ4n) is 1.39. The van der Waals surface area contributed by atoms with E-state index in [1.807, 2.05) is 0 Å². The van der Waals surface area contributed by atoms with E-state index >= 15 is 0 Å². The third kappa shape index (κ3) is 1.16. The van der Waals surface area contributed by atoms with E-state index in [0.29, 0.717) is 11.1 Å². The summed E-state index contributed by atoms with van der Waals surface area (Å²) in [4.78, 5) is 11.1. The van der Waals surface area contributed by atoms with Crippen molar-refractivity contribution in [3.63, 3.8) is 0 Å². The Kier molecular flexibility index (Phi) is 1.96. The van der Waals surface area contributed by atoms with Gasteiger partial charge >= 0.3 is 0 Å². The quantitative estimate of drug-likeness (QED) is 0.690. The first-order chi connectivity index (χ1) is 6.74. The first kappa shape index (κ1) is 8.74. The Bertz CT molecular complexity index is 533. The normalized spacial score (nSPS) is 10.4. The van der Waals surface area contributed by atoms with Gasteiger partial charge in [0, 0.05) is 11.5 Å². The molecule has 72 valence electrons. The van der Waals surface area contributed by atoms with Crippen molar-refractivity contribution < 1.29 is 9.22 Å². The number of methoxy groups -OCH3 is 1. The van der Waals surface area contributed by atoms with Crippen LogP contribution in [0.4, 0.5) is 4.48 Å². The van der Waals surface area contributed by atoms with Crippen molar-refractivity contribution >= 4 is 10.9 Å². The van der Waals surface area contributed by atoms with Crippen molar-refractivity contribution in [1.82, 2.24) is 4.79 Å². The van der Waals surface area contributed by atoms with Crippen molar-refractivity contribution in [3.05, 3.63) is 40.7 Å². The Balaban J connectivity index is 2.97. The zero-order valence-electron chi connectivity index (χ0n) is 7.53. The van der Waals surface area contributed by atoms with Gasteiger partial charge in [-0.15, -0.1) is 4.79 Å². The summed E-state index contributed by atoms with van der Waals surface area (Å²) in [6, 6.07) is 7.81. The number of pyridine rings is 1. The second-order valence-corrected chi connectivity index (χ2v) is 2.85. The third-order valence-corrected chi connectivity index (χ3v) is 2.05. The van der Waals surface area contributed by atoms with Gasteiger partial charge in [0.05, 0.1) is 7.11 Å². The molecule has 0 aliphatic carbocycles. The summed E-state index contributed by atoms with van der Waals surface area (Å²) in [5.74, 6) is 0.350. The van der Waals surface area contributed by atoms with Crippen LogP contribution in [0.15, 0.2) is 35.1 Å². The smallest absolute Gasteiger partial charge is 0.279 e. The van der Waals surface area contributed by atoms with Crippen molar-refractivity contribution in [2.75, 3.05) is 7.11 Å². The minimum Gasteiger partial charge on any atom is -0.494 e. The van der Waals surface area contributed by atoms with E-state index in [4.69, 9.17) is 4.74 Å². The summed E-state index contributed by atoms with van der Waals surface area (Å²) in [6.07, 6.45) is 0. The fraction of sp³-hybridized carbons (Fsp3) is 0.100. The summed E-state index contributed by atoms with van der Waals surface area (Å²) in [5.41, 5.74) is -0.524. The molecule has 0 N–H and O–H groups in total. The van der Waals surface area contributed by atoms with E-state index in [-0.39, 0.29) is 10.3 Å². The zero-order chi connectivity index (χ0) is 10.1. The highest BCUT2D eigenvalue weighted by molar-refractivity contribution is 5.84. The number of hydrogen-bond donors (Lipinski definition) is 0. The lowest BCUT2D eigenvalue weighted by molar-refractivity contribution is 0.358. The van der Waals surface area contributed by atoms with Crippen LogP contribution in [0.3, 0.4) is 0 Å². The SMILES string of the molecule is COc1cccc2ccc(=O)n(F)c12. The van der Waals surface area contributed by atoms with Gasteiger partial charge in [0.15, 0.2) is 0 Å². The molecular formula is C10H8FNO2. The maximum Gasteiger partial charge on any atom is 0.279 e. The zero-order valence-corrected chi connectivity index (χ0v) is 7.53. The molecule has 1 heterocycles. The van der Waals surface area contributed by atoms with Crippen LogP contribution >= 0.6 is 0 Å². The molecule has 0 saturated carbocycles. The maximum atomic E-state index is 13.4. The number of ether oxygens (including phenoxy) is 1. The van der Waals surface area contributed by atoms with E-state index in [0.717, 1.165) is 0 Å². The molecule has 2 rings (SSSR count). The molecule has 3 nitrogen and oxygen atoms in total. The standard InChI is InChI=1S/C10H8FNO2/c1-14-8-4-2-3-7-5-6-9(13)12(11)10(7)8/h2-6H,1H3. The minimum absolute atomic E-state index is 0.0914. The number of nitrogens with zero attached hydrogens (tertiary/aromatic N) is 1. The lowest BCUT2D eigenvalue weighted by atomic mass is 10.2. The van der Waals surface area contributed by atoms with E-state index in [1.54, 1.807) is 24.3 Å². The molecule has 14 heavy (non-hydrogen) atoms. The van der Waals surface area contributed by atoms with Crippen LogP contribution in [0.25, 0.3) is 10.9 Å². The molecule has 4 heteroatoms. The summed E-state index contributed by atoms with van der Waals surface area (Å²) < 4.78 is 18.3.